The van der Waals surface area contributed by atoms with E-state index in [1.165, 1.54) is 24.3 Å². The maximum absolute atomic E-state index is 12.9. The Labute approximate surface area is 102 Å². The zero-order valence-electron chi connectivity index (χ0n) is 9.15. The summed E-state index contributed by atoms with van der Waals surface area (Å²) in [6.45, 7) is 0. The summed E-state index contributed by atoms with van der Waals surface area (Å²) in [4.78, 5) is 11.7. The average molecular weight is 249 g/mol. The fraction of sp³-hybridized carbons (Fsp3) is 0. The van der Waals surface area contributed by atoms with Crippen molar-refractivity contribution in [3.8, 4) is 5.75 Å². The van der Waals surface area contributed by atoms with Gasteiger partial charge in [-0.3, -0.25) is 4.79 Å². The number of rotatable bonds is 2. The Bertz CT molecular complexity index is 562. The number of amides is 1. The van der Waals surface area contributed by atoms with E-state index in [0.29, 0.717) is 0 Å². The molecule has 0 aliphatic heterocycles. The summed E-state index contributed by atoms with van der Waals surface area (Å²) < 4.78 is 25.8. The molecular weight excluding hydrogens is 240 g/mol. The second kappa shape index (κ2) is 4.83. The van der Waals surface area contributed by atoms with Crippen LogP contribution in [0.2, 0.25) is 0 Å². The van der Waals surface area contributed by atoms with Crippen molar-refractivity contribution >= 4 is 11.6 Å². The van der Waals surface area contributed by atoms with Crippen LogP contribution in [0.3, 0.4) is 0 Å². The Kier molecular flexibility index (Phi) is 3.23. The van der Waals surface area contributed by atoms with Gasteiger partial charge in [0.15, 0.2) is 0 Å². The molecule has 0 aromatic heterocycles. The Hall–Kier alpha value is -2.43. The summed E-state index contributed by atoms with van der Waals surface area (Å²) in [7, 11) is 0. The van der Waals surface area contributed by atoms with E-state index in [-0.39, 0.29) is 17.0 Å². The van der Waals surface area contributed by atoms with Crippen molar-refractivity contribution in [2.75, 3.05) is 5.32 Å². The molecule has 0 heterocycles. The second-order valence-electron chi connectivity index (χ2n) is 3.66. The molecule has 2 aromatic rings. The molecule has 0 aliphatic carbocycles. The Morgan fingerprint density at radius 1 is 1.00 bits per heavy atom. The minimum absolute atomic E-state index is 0.0309. The van der Waals surface area contributed by atoms with Crippen molar-refractivity contribution in [3.05, 3.63) is 59.7 Å². The number of hydrogen-bond donors (Lipinski definition) is 2. The van der Waals surface area contributed by atoms with Gasteiger partial charge >= 0.3 is 0 Å². The maximum atomic E-state index is 12.9. The van der Waals surface area contributed by atoms with Crippen LogP contribution in [-0.4, -0.2) is 11.0 Å². The molecule has 18 heavy (non-hydrogen) atoms. The number of aromatic hydroxyl groups is 1. The molecule has 92 valence electrons. The minimum atomic E-state index is -0.768. The quantitative estimate of drug-likeness (QED) is 0.859. The summed E-state index contributed by atoms with van der Waals surface area (Å²) in [5, 5.41) is 11.4. The Morgan fingerprint density at radius 3 is 2.11 bits per heavy atom. The van der Waals surface area contributed by atoms with Crippen LogP contribution in [0.1, 0.15) is 10.4 Å². The molecule has 0 saturated carbocycles. The molecule has 2 aromatic carbocycles. The van der Waals surface area contributed by atoms with Crippen molar-refractivity contribution in [2.24, 2.45) is 0 Å². The normalized spacial score (nSPS) is 10.1. The molecule has 0 saturated heterocycles. The van der Waals surface area contributed by atoms with Crippen LogP contribution in [0.4, 0.5) is 14.5 Å². The molecule has 0 spiro atoms. The third-order valence-electron chi connectivity index (χ3n) is 2.25. The number of nitrogens with one attached hydrogen (secondary N) is 1. The van der Waals surface area contributed by atoms with Crippen molar-refractivity contribution in [3.63, 3.8) is 0 Å². The average Bonchev–Trinajstić information content (AvgIpc) is 2.28. The lowest BCUT2D eigenvalue weighted by atomic mass is 10.2. The van der Waals surface area contributed by atoms with Gasteiger partial charge in [0.1, 0.15) is 17.4 Å². The van der Waals surface area contributed by atoms with Gasteiger partial charge in [-0.2, -0.15) is 0 Å². The van der Waals surface area contributed by atoms with Crippen molar-refractivity contribution in [1.82, 2.24) is 0 Å². The van der Waals surface area contributed by atoms with Crippen LogP contribution in [0.5, 0.6) is 5.75 Å². The molecule has 0 aliphatic rings. The first kappa shape index (κ1) is 12.0. The highest BCUT2D eigenvalue weighted by Crippen LogP contribution is 2.15. The van der Waals surface area contributed by atoms with Crippen molar-refractivity contribution in [2.45, 2.75) is 0 Å². The summed E-state index contributed by atoms with van der Waals surface area (Å²) in [5.74, 6) is -2.02. The molecule has 0 atom stereocenters. The smallest absolute Gasteiger partial charge is 0.255 e. The first-order valence-corrected chi connectivity index (χ1v) is 5.11. The topological polar surface area (TPSA) is 49.3 Å². The van der Waals surface area contributed by atoms with E-state index >= 15 is 0 Å². The lowest BCUT2D eigenvalue weighted by Gasteiger charge is -2.05. The number of halogens is 2. The van der Waals surface area contributed by atoms with Crippen molar-refractivity contribution in [1.29, 1.82) is 0 Å². The van der Waals surface area contributed by atoms with E-state index in [0.717, 1.165) is 18.2 Å². The summed E-state index contributed by atoms with van der Waals surface area (Å²) in [6, 6.07) is 8.25. The van der Waals surface area contributed by atoms with Gasteiger partial charge in [-0.1, -0.05) is 0 Å². The standard InChI is InChI=1S/C13H9F2NO2/c14-9-5-10(15)7-11(6-9)16-13(18)8-1-3-12(17)4-2-8/h1-7,17H,(H,16,18). The number of benzene rings is 2. The predicted octanol–water partition coefficient (Wildman–Crippen LogP) is 2.92. The number of carbonyl (C=O) groups is 1. The fourth-order valence-corrected chi connectivity index (χ4v) is 1.44. The number of phenols is 1. The number of hydrogen-bond acceptors (Lipinski definition) is 2. The molecule has 0 bridgehead atoms. The Morgan fingerprint density at radius 2 is 1.56 bits per heavy atom. The lowest BCUT2D eigenvalue weighted by molar-refractivity contribution is 0.102. The third kappa shape index (κ3) is 2.82. The lowest BCUT2D eigenvalue weighted by Crippen LogP contribution is -2.11. The van der Waals surface area contributed by atoms with Gasteiger partial charge in [-0.25, -0.2) is 8.78 Å². The van der Waals surface area contributed by atoms with E-state index < -0.39 is 17.5 Å². The van der Waals surface area contributed by atoms with Gasteiger partial charge in [0.05, 0.1) is 0 Å². The molecule has 2 rings (SSSR count). The largest absolute Gasteiger partial charge is 0.508 e. The zero-order valence-corrected chi connectivity index (χ0v) is 9.15. The van der Waals surface area contributed by atoms with Gasteiger partial charge in [-0.05, 0) is 36.4 Å². The van der Waals surface area contributed by atoms with Crippen LogP contribution >= 0.6 is 0 Å². The first-order valence-electron chi connectivity index (χ1n) is 5.11. The van der Waals surface area contributed by atoms with Gasteiger partial charge < -0.3 is 10.4 Å². The minimum Gasteiger partial charge on any atom is -0.508 e. The van der Waals surface area contributed by atoms with E-state index in [4.69, 9.17) is 5.11 Å². The summed E-state index contributed by atoms with van der Waals surface area (Å²) in [5.41, 5.74) is 0.308. The fourth-order valence-electron chi connectivity index (χ4n) is 1.44. The van der Waals surface area contributed by atoms with Crippen LogP contribution < -0.4 is 5.32 Å². The summed E-state index contributed by atoms with van der Waals surface area (Å²) in [6.07, 6.45) is 0. The molecule has 3 nitrogen and oxygen atoms in total. The SMILES string of the molecule is O=C(Nc1cc(F)cc(F)c1)c1ccc(O)cc1. The number of anilines is 1. The molecule has 5 heteroatoms. The highest BCUT2D eigenvalue weighted by molar-refractivity contribution is 6.04. The monoisotopic (exact) mass is 249 g/mol. The third-order valence-corrected chi connectivity index (χ3v) is 2.25. The molecular formula is C13H9F2NO2. The number of phenolic OH excluding ortho intramolecular Hbond substituents is 1. The van der Waals surface area contributed by atoms with Crippen LogP contribution in [0, 0.1) is 11.6 Å². The number of carbonyl (C=O) groups excluding carboxylic acids is 1. The van der Waals surface area contributed by atoms with Gasteiger partial charge in [0.2, 0.25) is 0 Å². The molecule has 0 radical (unpaired) electrons. The second-order valence-corrected chi connectivity index (χ2v) is 3.66. The molecule has 0 fully saturated rings. The van der Waals surface area contributed by atoms with Crippen molar-refractivity contribution < 1.29 is 18.7 Å². The van der Waals surface area contributed by atoms with Crippen LogP contribution in [-0.2, 0) is 0 Å². The van der Waals surface area contributed by atoms with Gasteiger partial charge in [0.25, 0.3) is 5.91 Å². The summed E-state index contributed by atoms with van der Waals surface area (Å²) >= 11 is 0. The Balaban J connectivity index is 2.18. The highest BCUT2D eigenvalue weighted by Gasteiger charge is 2.07. The van der Waals surface area contributed by atoms with Gasteiger partial charge in [0, 0.05) is 17.3 Å². The van der Waals surface area contributed by atoms with E-state index in [1.807, 2.05) is 0 Å². The van der Waals surface area contributed by atoms with Gasteiger partial charge in [-0.15, -0.1) is 0 Å². The predicted molar refractivity (Wildman–Crippen MR) is 62.4 cm³/mol. The molecule has 0 unspecified atom stereocenters. The molecule has 2 N–H and O–H groups in total. The van der Waals surface area contributed by atoms with Crippen LogP contribution in [0.25, 0.3) is 0 Å². The van der Waals surface area contributed by atoms with E-state index in [1.54, 1.807) is 0 Å². The maximum Gasteiger partial charge on any atom is 0.255 e. The highest BCUT2D eigenvalue weighted by atomic mass is 19.1. The first-order chi connectivity index (χ1) is 8.54. The van der Waals surface area contributed by atoms with Crippen LogP contribution in [0.15, 0.2) is 42.5 Å². The van der Waals surface area contributed by atoms with E-state index in [2.05, 4.69) is 5.32 Å². The van der Waals surface area contributed by atoms with E-state index in [9.17, 15) is 13.6 Å². The zero-order chi connectivity index (χ0) is 13.1. The molecule has 1 amide bonds.